The van der Waals surface area contributed by atoms with Gasteiger partial charge in [0.1, 0.15) is 18.1 Å². The fourth-order valence-corrected chi connectivity index (χ4v) is 3.92. The zero-order chi connectivity index (χ0) is 26.8. The SMILES string of the molecule is COC(COc1ccc(C(=C(CCCl)c2ccccc2)c2ccc(OC(=O)C(C)(C)C)cc2)cc1)OC. The lowest BCUT2D eigenvalue weighted by molar-refractivity contribution is -0.143. The second-order valence-corrected chi connectivity index (χ2v) is 9.94. The van der Waals surface area contributed by atoms with E-state index in [1.54, 1.807) is 14.2 Å². The molecule has 0 radical (unpaired) electrons. The Morgan fingerprint density at radius 1 is 0.784 bits per heavy atom. The van der Waals surface area contributed by atoms with E-state index in [1.165, 1.54) is 0 Å². The molecule has 0 aromatic heterocycles. The highest BCUT2D eigenvalue weighted by Crippen LogP contribution is 2.36. The normalized spacial score (nSPS) is 12.3. The largest absolute Gasteiger partial charge is 0.488 e. The van der Waals surface area contributed by atoms with Crippen LogP contribution >= 0.6 is 11.6 Å². The van der Waals surface area contributed by atoms with E-state index in [2.05, 4.69) is 12.1 Å². The van der Waals surface area contributed by atoms with Crippen LogP contribution in [0, 0.1) is 5.41 Å². The minimum absolute atomic E-state index is 0.275. The monoisotopic (exact) mass is 522 g/mol. The molecular formula is C31H35ClO5. The summed E-state index contributed by atoms with van der Waals surface area (Å²) in [7, 11) is 3.16. The van der Waals surface area contributed by atoms with Crippen LogP contribution in [0.15, 0.2) is 78.9 Å². The number of rotatable bonds is 11. The first-order valence-electron chi connectivity index (χ1n) is 12.2. The number of benzene rings is 3. The third-order valence-corrected chi connectivity index (χ3v) is 5.98. The molecule has 0 fully saturated rings. The lowest BCUT2D eigenvalue weighted by Crippen LogP contribution is -2.25. The highest BCUT2D eigenvalue weighted by Gasteiger charge is 2.24. The molecule has 0 spiro atoms. The van der Waals surface area contributed by atoms with Crippen LogP contribution in [0.1, 0.15) is 43.9 Å². The van der Waals surface area contributed by atoms with Gasteiger partial charge >= 0.3 is 5.97 Å². The van der Waals surface area contributed by atoms with Gasteiger partial charge in [-0.1, -0.05) is 54.6 Å². The van der Waals surface area contributed by atoms with Gasteiger partial charge in [0, 0.05) is 20.1 Å². The van der Waals surface area contributed by atoms with Crippen molar-refractivity contribution in [3.63, 3.8) is 0 Å². The van der Waals surface area contributed by atoms with Crippen LogP contribution in [0.25, 0.3) is 11.1 Å². The highest BCUT2D eigenvalue weighted by atomic mass is 35.5. The highest BCUT2D eigenvalue weighted by molar-refractivity contribution is 6.18. The summed E-state index contributed by atoms with van der Waals surface area (Å²) >= 11 is 6.28. The number of esters is 1. The molecule has 6 heteroatoms. The van der Waals surface area contributed by atoms with Crippen LogP contribution < -0.4 is 9.47 Å². The Hall–Kier alpha value is -3.12. The Kier molecular flexibility index (Phi) is 10.3. The van der Waals surface area contributed by atoms with Gasteiger partial charge in [-0.25, -0.2) is 0 Å². The second kappa shape index (κ2) is 13.4. The van der Waals surface area contributed by atoms with Gasteiger partial charge in [0.2, 0.25) is 0 Å². The van der Waals surface area contributed by atoms with Crippen LogP contribution in [-0.2, 0) is 14.3 Å². The molecule has 0 aliphatic heterocycles. The van der Waals surface area contributed by atoms with E-state index in [4.69, 9.17) is 30.5 Å². The minimum Gasteiger partial charge on any atom is -0.488 e. The Labute approximate surface area is 225 Å². The van der Waals surface area contributed by atoms with E-state index < -0.39 is 11.7 Å². The molecule has 196 valence electrons. The summed E-state index contributed by atoms with van der Waals surface area (Å²) in [6.07, 6.45) is 0.248. The molecule has 3 rings (SSSR count). The van der Waals surface area contributed by atoms with Gasteiger partial charge in [0.15, 0.2) is 6.29 Å². The number of methoxy groups -OCH3 is 2. The molecule has 5 nitrogen and oxygen atoms in total. The molecule has 0 heterocycles. The van der Waals surface area contributed by atoms with Crippen molar-refractivity contribution in [3.8, 4) is 11.5 Å². The fraction of sp³-hybridized carbons (Fsp3) is 0.323. The first-order chi connectivity index (χ1) is 17.8. The molecule has 0 unspecified atom stereocenters. The number of hydrogen-bond donors (Lipinski definition) is 0. The lowest BCUT2D eigenvalue weighted by atomic mass is 9.88. The van der Waals surface area contributed by atoms with Crippen molar-refractivity contribution >= 4 is 28.7 Å². The van der Waals surface area contributed by atoms with Crippen molar-refractivity contribution < 1.29 is 23.7 Å². The number of allylic oxidation sites excluding steroid dienone is 1. The smallest absolute Gasteiger partial charge is 0.316 e. The summed E-state index contributed by atoms with van der Waals surface area (Å²) in [6, 6.07) is 25.8. The minimum atomic E-state index is -0.582. The van der Waals surface area contributed by atoms with Crippen LogP contribution in [0.5, 0.6) is 11.5 Å². The summed E-state index contributed by atoms with van der Waals surface area (Å²) in [5.41, 5.74) is 4.71. The van der Waals surface area contributed by atoms with Gasteiger partial charge in [0.05, 0.1) is 5.41 Å². The predicted molar refractivity (Wildman–Crippen MR) is 149 cm³/mol. The summed E-state index contributed by atoms with van der Waals surface area (Å²) in [5, 5.41) is 0. The van der Waals surface area contributed by atoms with E-state index in [9.17, 15) is 4.79 Å². The summed E-state index contributed by atoms with van der Waals surface area (Å²) in [4.78, 5) is 12.3. The predicted octanol–water partition coefficient (Wildman–Crippen LogP) is 7.22. The average Bonchev–Trinajstić information content (AvgIpc) is 2.90. The number of carbonyl (C=O) groups is 1. The lowest BCUT2D eigenvalue weighted by Gasteiger charge is -2.19. The molecule has 0 bridgehead atoms. The third kappa shape index (κ3) is 7.93. The van der Waals surface area contributed by atoms with E-state index in [-0.39, 0.29) is 12.6 Å². The van der Waals surface area contributed by atoms with E-state index in [0.29, 0.717) is 23.8 Å². The maximum absolute atomic E-state index is 12.3. The van der Waals surface area contributed by atoms with Crippen molar-refractivity contribution in [2.24, 2.45) is 5.41 Å². The van der Waals surface area contributed by atoms with E-state index >= 15 is 0 Å². The van der Waals surface area contributed by atoms with Gasteiger partial charge in [-0.2, -0.15) is 0 Å². The molecule has 0 aliphatic rings. The summed E-state index contributed by atoms with van der Waals surface area (Å²) in [6.45, 7) is 5.79. The van der Waals surface area contributed by atoms with Crippen LogP contribution in [0.2, 0.25) is 0 Å². The Morgan fingerprint density at radius 3 is 1.81 bits per heavy atom. The average molecular weight is 523 g/mol. The first kappa shape index (κ1) is 28.5. The maximum atomic E-state index is 12.3. The fourth-order valence-electron chi connectivity index (χ4n) is 3.73. The van der Waals surface area contributed by atoms with E-state index in [1.807, 2.05) is 87.5 Å². The van der Waals surface area contributed by atoms with Crippen LogP contribution in [-0.4, -0.2) is 39.0 Å². The topological polar surface area (TPSA) is 54.0 Å². The van der Waals surface area contributed by atoms with Crippen LogP contribution in [0.4, 0.5) is 0 Å². The van der Waals surface area contributed by atoms with Gasteiger partial charge in [-0.3, -0.25) is 4.79 Å². The van der Waals surface area contributed by atoms with Crippen molar-refractivity contribution in [2.75, 3.05) is 26.7 Å². The molecule has 37 heavy (non-hydrogen) atoms. The number of hydrogen-bond acceptors (Lipinski definition) is 5. The molecule has 3 aromatic carbocycles. The molecule has 3 aromatic rings. The zero-order valence-corrected chi connectivity index (χ0v) is 22.9. The molecular weight excluding hydrogens is 488 g/mol. The molecule has 0 atom stereocenters. The van der Waals surface area contributed by atoms with Gasteiger partial charge in [0.25, 0.3) is 0 Å². The number of ether oxygens (including phenoxy) is 4. The number of alkyl halides is 1. The first-order valence-corrected chi connectivity index (χ1v) is 12.8. The Bertz CT molecular complexity index is 1160. The van der Waals surface area contributed by atoms with Crippen molar-refractivity contribution in [2.45, 2.75) is 33.5 Å². The molecule has 0 amide bonds. The van der Waals surface area contributed by atoms with Crippen molar-refractivity contribution in [1.82, 2.24) is 0 Å². The quantitative estimate of drug-likeness (QED) is 0.0874. The third-order valence-electron chi connectivity index (χ3n) is 5.79. The maximum Gasteiger partial charge on any atom is 0.316 e. The van der Waals surface area contributed by atoms with Crippen LogP contribution in [0.3, 0.4) is 0 Å². The second-order valence-electron chi connectivity index (χ2n) is 9.56. The molecule has 0 N–H and O–H groups in total. The van der Waals surface area contributed by atoms with Gasteiger partial charge < -0.3 is 18.9 Å². The molecule has 0 aliphatic carbocycles. The summed E-state index contributed by atoms with van der Waals surface area (Å²) < 4.78 is 21.8. The summed E-state index contributed by atoms with van der Waals surface area (Å²) in [5.74, 6) is 1.43. The standard InChI is InChI=1S/C31H35ClO5/c1-31(2,3)30(33)37-26-17-13-24(14-18-26)29(27(19-20-32)22-9-7-6-8-10-22)23-11-15-25(16-12-23)36-21-28(34-4)35-5/h6-18,28H,19-21H2,1-5H3. The Morgan fingerprint density at radius 2 is 1.32 bits per heavy atom. The number of carbonyl (C=O) groups excluding carboxylic acids is 1. The van der Waals surface area contributed by atoms with Gasteiger partial charge in [-0.05, 0) is 79.3 Å². The van der Waals surface area contributed by atoms with E-state index in [0.717, 1.165) is 27.8 Å². The molecule has 0 saturated carbocycles. The molecule has 0 saturated heterocycles. The zero-order valence-electron chi connectivity index (χ0n) is 22.1. The Balaban J connectivity index is 2.02. The number of halogens is 1. The van der Waals surface area contributed by atoms with Gasteiger partial charge in [-0.15, -0.1) is 11.6 Å². The van der Waals surface area contributed by atoms with Crippen molar-refractivity contribution in [3.05, 3.63) is 95.6 Å². The van der Waals surface area contributed by atoms with Crippen molar-refractivity contribution in [1.29, 1.82) is 0 Å².